The first-order valence-electron chi connectivity index (χ1n) is 11.3. The van der Waals surface area contributed by atoms with Crippen LogP contribution in [0.5, 0.6) is 0 Å². The molecule has 2 atom stereocenters. The van der Waals surface area contributed by atoms with Gasteiger partial charge in [-0.2, -0.15) is 0 Å². The number of rotatable bonds is 3. The number of aromatic nitrogens is 3. The van der Waals surface area contributed by atoms with E-state index in [4.69, 9.17) is 26.3 Å². The van der Waals surface area contributed by atoms with Crippen molar-refractivity contribution in [2.24, 2.45) is 5.92 Å². The van der Waals surface area contributed by atoms with Gasteiger partial charge in [0.05, 0.1) is 25.3 Å². The molecule has 3 aliphatic heterocycles. The van der Waals surface area contributed by atoms with Gasteiger partial charge in [-0.1, -0.05) is 17.7 Å². The van der Waals surface area contributed by atoms with Gasteiger partial charge >= 0.3 is 0 Å². The Morgan fingerprint density at radius 1 is 1.06 bits per heavy atom. The van der Waals surface area contributed by atoms with Gasteiger partial charge in [-0.3, -0.25) is 9.69 Å². The Morgan fingerprint density at radius 2 is 1.94 bits per heavy atom. The molecule has 2 bridgehead atoms. The molecule has 3 aromatic rings. The van der Waals surface area contributed by atoms with Crippen LogP contribution in [0.3, 0.4) is 0 Å². The summed E-state index contributed by atoms with van der Waals surface area (Å²) in [7, 11) is 0. The van der Waals surface area contributed by atoms with Gasteiger partial charge in [-0.15, -0.1) is 0 Å². The molecule has 0 unspecified atom stereocenters. The zero-order valence-electron chi connectivity index (χ0n) is 17.9. The maximum Gasteiger partial charge on any atom is 0.250 e. The van der Waals surface area contributed by atoms with E-state index < -0.39 is 0 Å². The van der Waals surface area contributed by atoms with Crippen LogP contribution >= 0.6 is 11.6 Å². The van der Waals surface area contributed by atoms with Crippen molar-refractivity contribution in [1.29, 1.82) is 0 Å². The molecule has 0 spiro atoms. The lowest BCUT2D eigenvalue weighted by molar-refractivity contribution is 0.112. The number of hydrogen-bond donors (Lipinski definition) is 0. The third-order valence-corrected chi connectivity index (χ3v) is 7.15. The first-order valence-corrected chi connectivity index (χ1v) is 11.7. The molecule has 1 aromatic carbocycles. The number of anilines is 1. The summed E-state index contributed by atoms with van der Waals surface area (Å²) in [6.07, 6.45) is 1.15. The maximum absolute atomic E-state index is 12.3. The molecule has 7 nitrogen and oxygen atoms in total. The van der Waals surface area contributed by atoms with Crippen molar-refractivity contribution in [2.45, 2.75) is 25.4 Å². The van der Waals surface area contributed by atoms with Gasteiger partial charge in [0.2, 0.25) is 0 Å². The predicted octanol–water partition coefficient (Wildman–Crippen LogP) is 2.90. The average Bonchev–Trinajstić information content (AvgIpc) is 2.80. The highest BCUT2D eigenvalue weighted by Gasteiger charge is 2.34. The second-order valence-electron chi connectivity index (χ2n) is 9.12. The van der Waals surface area contributed by atoms with Gasteiger partial charge in [0, 0.05) is 60.8 Å². The van der Waals surface area contributed by atoms with E-state index in [-0.39, 0.29) is 5.56 Å². The number of pyridine rings is 1. The lowest BCUT2D eigenvalue weighted by Gasteiger charge is -2.42. The average molecular weight is 452 g/mol. The number of benzene rings is 1. The summed E-state index contributed by atoms with van der Waals surface area (Å²) in [6.45, 7) is 6.44. The number of hydrogen-bond acceptors (Lipinski definition) is 6. The molecule has 0 saturated carbocycles. The van der Waals surface area contributed by atoms with Crippen LogP contribution in [0, 0.1) is 5.92 Å². The van der Waals surface area contributed by atoms with Crippen LogP contribution in [-0.4, -0.2) is 58.8 Å². The van der Waals surface area contributed by atoms with Crippen LogP contribution in [0.4, 0.5) is 5.82 Å². The number of ether oxygens (including phenoxy) is 1. The lowest BCUT2D eigenvalue weighted by atomic mass is 9.83. The van der Waals surface area contributed by atoms with Crippen molar-refractivity contribution in [1.82, 2.24) is 19.4 Å². The summed E-state index contributed by atoms with van der Waals surface area (Å²) in [4.78, 5) is 27.0. The van der Waals surface area contributed by atoms with Crippen LogP contribution in [0.25, 0.3) is 10.9 Å². The fraction of sp³-hybridized carbons (Fsp3) is 0.458. The van der Waals surface area contributed by atoms with Gasteiger partial charge in [-0.25, -0.2) is 9.97 Å². The standard InChI is InChI=1S/C24H26ClN5O2/c25-18-4-5-20-19(11-18)24(29-6-8-32-9-7-29)27-22(26-20)15-28-12-16-10-17(14-28)21-2-1-3-23(31)30(21)13-16/h1-5,11,16-17H,6-10,12-15H2/t16-,17-/m0/s1. The molecule has 32 heavy (non-hydrogen) atoms. The highest BCUT2D eigenvalue weighted by Crippen LogP contribution is 2.35. The van der Waals surface area contributed by atoms with Crippen molar-refractivity contribution in [3.05, 3.63) is 63.3 Å². The van der Waals surface area contributed by atoms with Crippen molar-refractivity contribution < 1.29 is 4.74 Å². The van der Waals surface area contributed by atoms with Crippen LogP contribution in [0.2, 0.25) is 5.02 Å². The summed E-state index contributed by atoms with van der Waals surface area (Å²) in [6, 6.07) is 11.5. The quantitative estimate of drug-likeness (QED) is 0.610. The second-order valence-corrected chi connectivity index (χ2v) is 9.55. The van der Waals surface area contributed by atoms with Crippen molar-refractivity contribution in [3.63, 3.8) is 0 Å². The Kier molecular flexibility index (Phi) is 5.12. The smallest absolute Gasteiger partial charge is 0.250 e. The Balaban J connectivity index is 1.31. The molecule has 2 saturated heterocycles. The van der Waals surface area contributed by atoms with Crippen LogP contribution < -0.4 is 10.5 Å². The Morgan fingerprint density at radius 3 is 2.81 bits per heavy atom. The van der Waals surface area contributed by atoms with Crippen molar-refractivity contribution in [2.75, 3.05) is 44.3 Å². The molecular formula is C24H26ClN5O2. The second kappa shape index (κ2) is 8.14. The van der Waals surface area contributed by atoms with Crippen LogP contribution in [-0.2, 0) is 17.8 Å². The Labute approximate surface area is 191 Å². The number of halogens is 1. The SMILES string of the molecule is O=c1cccc2n1C[C@H]1C[C@H]2CN(Cc2nc(N3CCOCC3)c3cc(Cl)ccc3n2)C1. The fourth-order valence-electron chi connectivity index (χ4n) is 5.54. The molecule has 0 aliphatic carbocycles. The van der Waals surface area contributed by atoms with Gasteiger partial charge in [0.25, 0.3) is 5.56 Å². The number of fused-ring (bicyclic) bond motifs is 5. The molecule has 6 rings (SSSR count). The Bertz CT molecular complexity index is 1220. The molecule has 0 N–H and O–H groups in total. The van der Waals surface area contributed by atoms with E-state index in [2.05, 4.69) is 15.9 Å². The Hall–Kier alpha value is -2.48. The summed E-state index contributed by atoms with van der Waals surface area (Å²) in [5.74, 6) is 2.66. The van der Waals surface area contributed by atoms with Gasteiger partial charge in [-0.05, 0) is 36.6 Å². The van der Waals surface area contributed by atoms with E-state index in [0.717, 1.165) is 61.7 Å². The highest BCUT2D eigenvalue weighted by atomic mass is 35.5. The van der Waals surface area contributed by atoms with E-state index >= 15 is 0 Å². The summed E-state index contributed by atoms with van der Waals surface area (Å²) >= 11 is 6.30. The largest absolute Gasteiger partial charge is 0.378 e. The number of piperidine rings is 1. The van der Waals surface area contributed by atoms with Crippen LogP contribution in [0.15, 0.2) is 41.2 Å². The molecular weight excluding hydrogens is 426 g/mol. The van der Waals surface area contributed by atoms with E-state index in [1.807, 2.05) is 28.8 Å². The predicted molar refractivity (Wildman–Crippen MR) is 124 cm³/mol. The minimum Gasteiger partial charge on any atom is -0.378 e. The zero-order valence-corrected chi connectivity index (χ0v) is 18.7. The van der Waals surface area contributed by atoms with E-state index in [0.29, 0.717) is 36.6 Å². The molecule has 0 amide bonds. The summed E-state index contributed by atoms with van der Waals surface area (Å²) in [5, 5.41) is 1.69. The molecule has 3 aliphatic rings. The van der Waals surface area contributed by atoms with Crippen molar-refractivity contribution >= 4 is 28.3 Å². The summed E-state index contributed by atoms with van der Waals surface area (Å²) in [5.41, 5.74) is 2.22. The number of likely N-dealkylation sites (tertiary alicyclic amines) is 1. The third-order valence-electron chi connectivity index (χ3n) is 6.91. The van der Waals surface area contributed by atoms with E-state index in [1.54, 1.807) is 6.07 Å². The number of morpholine rings is 1. The van der Waals surface area contributed by atoms with Crippen LogP contribution in [0.1, 0.15) is 23.9 Å². The molecule has 2 aromatic heterocycles. The molecule has 2 fully saturated rings. The van der Waals surface area contributed by atoms with Gasteiger partial charge < -0.3 is 14.2 Å². The molecule has 166 valence electrons. The zero-order chi connectivity index (χ0) is 21.7. The lowest BCUT2D eigenvalue weighted by Crippen LogP contribution is -2.46. The normalized spacial score (nSPS) is 23.3. The summed E-state index contributed by atoms with van der Waals surface area (Å²) < 4.78 is 7.52. The highest BCUT2D eigenvalue weighted by molar-refractivity contribution is 6.31. The van der Waals surface area contributed by atoms with Crippen molar-refractivity contribution in [3.8, 4) is 0 Å². The molecule has 8 heteroatoms. The first-order chi connectivity index (χ1) is 15.6. The minimum absolute atomic E-state index is 0.123. The van der Waals surface area contributed by atoms with E-state index in [1.165, 1.54) is 5.69 Å². The minimum atomic E-state index is 0.123. The van der Waals surface area contributed by atoms with Gasteiger partial charge in [0.15, 0.2) is 0 Å². The van der Waals surface area contributed by atoms with E-state index in [9.17, 15) is 4.79 Å². The first kappa shape index (κ1) is 20.1. The third kappa shape index (κ3) is 3.68. The monoisotopic (exact) mass is 451 g/mol. The molecule has 5 heterocycles. The maximum atomic E-state index is 12.3. The number of nitrogens with zero attached hydrogens (tertiary/aromatic N) is 5. The topological polar surface area (TPSA) is 63.5 Å². The molecule has 0 radical (unpaired) electrons. The van der Waals surface area contributed by atoms with Gasteiger partial charge in [0.1, 0.15) is 11.6 Å². The fourth-order valence-corrected chi connectivity index (χ4v) is 5.72.